The second kappa shape index (κ2) is 5.13. The van der Waals surface area contributed by atoms with Crippen molar-refractivity contribution in [3.63, 3.8) is 0 Å². The van der Waals surface area contributed by atoms with E-state index in [9.17, 15) is 4.79 Å². The van der Waals surface area contributed by atoms with E-state index in [4.69, 9.17) is 5.73 Å². The average Bonchev–Trinajstić information content (AvgIpc) is 2.64. The number of nitrogens with two attached hydrogens (primary N) is 1. The molecule has 16 heavy (non-hydrogen) atoms. The second-order valence-electron chi connectivity index (χ2n) is 4.14. The Kier molecular flexibility index (Phi) is 4.31. The molecule has 0 aliphatic carbocycles. The summed E-state index contributed by atoms with van der Waals surface area (Å²) in [5.41, 5.74) is 4.68. The maximum atomic E-state index is 11.4. The summed E-state index contributed by atoms with van der Waals surface area (Å²) in [6, 6.07) is 0.119. The molecule has 1 heterocycles. The van der Waals surface area contributed by atoms with Crippen LogP contribution in [0.3, 0.4) is 0 Å². The zero-order valence-electron chi connectivity index (χ0n) is 9.70. The van der Waals surface area contributed by atoms with Crippen molar-refractivity contribution in [2.75, 3.05) is 7.05 Å². The maximum Gasteiger partial charge on any atom is 0.237 e. The molecule has 90 valence electrons. The molecule has 1 aromatic heterocycles. The molecule has 0 aliphatic heterocycles. The predicted octanol–water partition coefficient (Wildman–Crippen LogP) is 0.902. The summed E-state index contributed by atoms with van der Waals surface area (Å²) in [6.07, 6.45) is 4.34. The van der Waals surface area contributed by atoms with Crippen molar-refractivity contribution < 1.29 is 4.79 Å². The van der Waals surface area contributed by atoms with Crippen molar-refractivity contribution in [1.29, 1.82) is 0 Å². The van der Waals surface area contributed by atoms with Crippen molar-refractivity contribution in [2.45, 2.75) is 31.8 Å². The van der Waals surface area contributed by atoms with Gasteiger partial charge in [-0.3, -0.25) is 9.48 Å². The van der Waals surface area contributed by atoms with E-state index in [0.29, 0.717) is 6.42 Å². The first kappa shape index (κ1) is 13.4. The lowest BCUT2D eigenvalue weighted by atomic mass is 9.93. The lowest BCUT2D eigenvalue weighted by molar-refractivity contribution is -0.124. The number of aromatic nitrogens is 2. The van der Waals surface area contributed by atoms with Crippen LogP contribution < -0.4 is 11.1 Å². The van der Waals surface area contributed by atoms with Crippen LogP contribution in [0.15, 0.2) is 12.4 Å². The fraction of sp³-hybridized carbons (Fsp3) is 0.600. The van der Waals surface area contributed by atoms with E-state index in [2.05, 4.69) is 33.0 Å². The summed E-state index contributed by atoms with van der Waals surface area (Å²) in [4.78, 5) is 11.4. The van der Waals surface area contributed by atoms with Gasteiger partial charge in [0.1, 0.15) is 0 Å². The zero-order chi connectivity index (χ0) is 12.3. The number of rotatable bonds is 5. The fourth-order valence-electron chi connectivity index (χ4n) is 1.57. The zero-order valence-corrected chi connectivity index (χ0v) is 11.9. The molecule has 1 amide bonds. The molecule has 1 aromatic rings. The molecule has 0 spiro atoms. The van der Waals surface area contributed by atoms with Crippen LogP contribution in [0.5, 0.6) is 0 Å². The van der Waals surface area contributed by atoms with Gasteiger partial charge in [0.2, 0.25) is 5.91 Å². The van der Waals surface area contributed by atoms with Crippen LogP contribution >= 0.6 is 22.6 Å². The van der Waals surface area contributed by atoms with Crippen LogP contribution in [-0.4, -0.2) is 28.3 Å². The highest BCUT2D eigenvalue weighted by Gasteiger charge is 2.31. The highest BCUT2D eigenvalue weighted by atomic mass is 127. The molecule has 0 saturated heterocycles. The first-order valence-electron chi connectivity index (χ1n) is 5.07. The van der Waals surface area contributed by atoms with Gasteiger partial charge in [-0.05, 0) is 49.9 Å². The third-order valence-electron chi connectivity index (χ3n) is 2.82. The Morgan fingerprint density at radius 1 is 1.81 bits per heavy atom. The molecule has 0 bridgehead atoms. The molecule has 2 unspecified atom stereocenters. The highest BCUT2D eigenvalue weighted by molar-refractivity contribution is 14.1. The van der Waals surface area contributed by atoms with Crippen molar-refractivity contribution >= 4 is 28.5 Å². The van der Waals surface area contributed by atoms with Crippen LogP contribution in [0.25, 0.3) is 0 Å². The molecule has 0 radical (unpaired) electrons. The number of primary amides is 1. The van der Waals surface area contributed by atoms with Gasteiger partial charge in [0, 0.05) is 6.20 Å². The number of nitrogens with one attached hydrogen (secondary N) is 1. The van der Waals surface area contributed by atoms with E-state index in [0.717, 1.165) is 3.57 Å². The number of halogens is 1. The molecule has 3 N–H and O–H groups in total. The van der Waals surface area contributed by atoms with Crippen molar-refractivity contribution in [3.05, 3.63) is 16.0 Å². The van der Waals surface area contributed by atoms with E-state index in [1.807, 2.05) is 17.8 Å². The first-order chi connectivity index (χ1) is 7.39. The van der Waals surface area contributed by atoms with Crippen molar-refractivity contribution in [2.24, 2.45) is 5.73 Å². The quantitative estimate of drug-likeness (QED) is 0.785. The Bertz CT molecular complexity index is 379. The number of hydrogen-bond donors (Lipinski definition) is 2. The van der Waals surface area contributed by atoms with Gasteiger partial charge in [-0.2, -0.15) is 5.10 Å². The van der Waals surface area contributed by atoms with Crippen LogP contribution in [-0.2, 0) is 4.79 Å². The third kappa shape index (κ3) is 2.94. The minimum Gasteiger partial charge on any atom is -0.368 e. The standard InChI is InChI=1S/C10H17IN4O/c1-7(15-6-8(11)5-14-15)4-10(2,13-3)9(12)16/h5-7,13H,4H2,1-3H3,(H2,12,16). The molecular formula is C10H17IN4O. The molecule has 0 aliphatic rings. The monoisotopic (exact) mass is 336 g/mol. The van der Waals surface area contributed by atoms with E-state index >= 15 is 0 Å². The van der Waals surface area contributed by atoms with Gasteiger partial charge in [-0.15, -0.1) is 0 Å². The van der Waals surface area contributed by atoms with E-state index in [1.54, 1.807) is 20.2 Å². The SMILES string of the molecule is CNC(C)(CC(C)n1cc(I)cn1)C(N)=O. The number of carbonyl (C=O) groups excluding carboxylic acids is 1. The summed E-state index contributed by atoms with van der Waals surface area (Å²) in [5, 5.41) is 7.19. The maximum absolute atomic E-state index is 11.4. The summed E-state index contributed by atoms with van der Waals surface area (Å²) >= 11 is 2.20. The average molecular weight is 336 g/mol. The molecule has 0 aromatic carbocycles. The number of amides is 1. The number of hydrogen-bond acceptors (Lipinski definition) is 3. The molecule has 0 fully saturated rings. The van der Waals surface area contributed by atoms with E-state index in [1.165, 1.54) is 0 Å². The summed E-state index contributed by atoms with van der Waals surface area (Å²) in [6.45, 7) is 3.82. The largest absolute Gasteiger partial charge is 0.368 e. The molecule has 6 heteroatoms. The van der Waals surface area contributed by atoms with Crippen LogP contribution in [0, 0.1) is 3.57 Å². The predicted molar refractivity (Wildman–Crippen MR) is 70.9 cm³/mol. The van der Waals surface area contributed by atoms with Gasteiger partial charge < -0.3 is 11.1 Å². The van der Waals surface area contributed by atoms with Crippen molar-refractivity contribution in [1.82, 2.24) is 15.1 Å². The van der Waals surface area contributed by atoms with E-state index < -0.39 is 5.54 Å². The Morgan fingerprint density at radius 3 is 2.81 bits per heavy atom. The molecule has 1 rings (SSSR count). The fourth-order valence-corrected chi connectivity index (χ4v) is 1.98. The van der Waals surface area contributed by atoms with Gasteiger partial charge in [0.15, 0.2) is 0 Å². The Balaban J connectivity index is 2.77. The summed E-state index contributed by atoms with van der Waals surface area (Å²) in [5.74, 6) is -0.344. The number of likely N-dealkylation sites (N-methyl/N-ethyl adjacent to an activating group) is 1. The Hall–Kier alpha value is -0.630. The Labute approximate surface area is 109 Å². The summed E-state index contributed by atoms with van der Waals surface area (Å²) < 4.78 is 2.93. The molecule has 5 nitrogen and oxygen atoms in total. The van der Waals surface area contributed by atoms with Crippen LogP contribution in [0.2, 0.25) is 0 Å². The second-order valence-corrected chi connectivity index (χ2v) is 5.38. The summed E-state index contributed by atoms with van der Waals surface area (Å²) in [7, 11) is 1.74. The van der Waals surface area contributed by atoms with E-state index in [-0.39, 0.29) is 11.9 Å². The third-order valence-corrected chi connectivity index (χ3v) is 3.38. The van der Waals surface area contributed by atoms with Gasteiger partial charge in [0.05, 0.1) is 21.3 Å². The van der Waals surface area contributed by atoms with Gasteiger partial charge >= 0.3 is 0 Å². The molecular weight excluding hydrogens is 319 g/mol. The number of nitrogens with zero attached hydrogens (tertiary/aromatic N) is 2. The lowest BCUT2D eigenvalue weighted by Crippen LogP contribution is -2.52. The topological polar surface area (TPSA) is 72.9 Å². The minimum absolute atomic E-state index is 0.119. The number of carbonyl (C=O) groups is 1. The van der Waals surface area contributed by atoms with Gasteiger partial charge in [-0.25, -0.2) is 0 Å². The minimum atomic E-state index is -0.698. The van der Waals surface area contributed by atoms with Crippen LogP contribution in [0.1, 0.15) is 26.3 Å². The van der Waals surface area contributed by atoms with Gasteiger partial charge in [0.25, 0.3) is 0 Å². The molecule has 0 saturated carbocycles. The van der Waals surface area contributed by atoms with Crippen molar-refractivity contribution in [3.8, 4) is 0 Å². The molecule has 2 atom stereocenters. The van der Waals surface area contributed by atoms with Crippen LogP contribution in [0.4, 0.5) is 0 Å². The first-order valence-corrected chi connectivity index (χ1v) is 6.15. The highest BCUT2D eigenvalue weighted by Crippen LogP contribution is 2.20. The normalized spacial score (nSPS) is 16.8. The van der Waals surface area contributed by atoms with Gasteiger partial charge in [-0.1, -0.05) is 0 Å². The Morgan fingerprint density at radius 2 is 2.44 bits per heavy atom. The lowest BCUT2D eigenvalue weighted by Gasteiger charge is -2.28. The smallest absolute Gasteiger partial charge is 0.237 e.